The maximum absolute atomic E-state index is 5.52. The lowest BCUT2D eigenvalue weighted by molar-refractivity contribution is 0.635. The van der Waals surface area contributed by atoms with Gasteiger partial charge < -0.3 is 5.73 Å². The smallest absolute Gasteiger partial charge is 0.142 e. The van der Waals surface area contributed by atoms with Gasteiger partial charge in [0.2, 0.25) is 0 Å². The van der Waals surface area contributed by atoms with E-state index < -0.39 is 0 Å². The van der Waals surface area contributed by atoms with Crippen LogP contribution in [0.4, 0.5) is 0 Å². The van der Waals surface area contributed by atoms with E-state index in [0.717, 1.165) is 5.82 Å². The highest BCUT2D eigenvalue weighted by molar-refractivity contribution is 7.99. The molecule has 1 aromatic heterocycles. The van der Waals surface area contributed by atoms with Crippen LogP contribution in [0, 0.1) is 0 Å². The third-order valence-corrected chi connectivity index (χ3v) is 3.70. The van der Waals surface area contributed by atoms with E-state index in [0.29, 0.717) is 12.5 Å². The van der Waals surface area contributed by atoms with Gasteiger partial charge in [-0.2, -0.15) is 11.8 Å². The molecule has 0 bridgehead atoms. The number of nitrogens with zero attached hydrogens (tertiary/aromatic N) is 2. The average Bonchev–Trinajstić information content (AvgIpc) is 2.30. The molecule has 1 fully saturated rings. The van der Waals surface area contributed by atoms with Crippen molar-refractivity contribution in [1.29, 1.82) is 0 Å². The van der Waals surface area contributed by atoms with E-state index >= 15 is 0 Å². The van der Waals surface area contributed by atoms with Crippen molar-refractivity contribution in [2.75, 3.05) is 11.5 Å². The summed E-state index contributed by atoms with van der Waals surface area (Å²) >= 11 is 2.02. The van der Waals surface area contributed by atoms with Gasteiger partial charge in [0.15, 0.2) is 0 Å². The molecule has 0 aliphatic carbocycles. The number of nitrogens with two attached hydrogens (primary N) is 1. The van der Waals surface area contributed by atoms with Gasteiger partial charge in [-0.1, -0.05) is 0 Å². The zero-order valence-corrected chi connectivity index (χ0v) is 8.96. The number of thioether (sulfide) groups is 1. The molecule has 1 unspecified atom stereocenters. The monoisotopic (exact) mass is 209 g/mol. The van der Waals surface area contributed by atoms with Crippen LogP contribution in [0.5, 0.6) is 0 Å². The quantitative estimate of drug-likeness (QED) is 0.803. The Bertz CT molecular complexity index is 297. The maximum Gasteiger partial charge on any atom is 0.142 e. The first kappa shape index (κ1) is 9.93. The van der Waals surface area contributed by atoms with E-state index in [2.05, 4.69) is 9.97 Å². The van der Waals surface area contributed by atoms with Gasteiger partial charge in [0, 0.05) is 23.6 Å². The number of hydrogen-bond acceptors (Lipinski definition) is 4. The molecule has 2 heterocycles. The molecular weight excluding hydrogens is 194 g/mol. The van der Waals surface area contributed by atoms with Crippen molar-refractivity contribution < 1.29 is 0 Å². The van der Waals surface area contributed by atoms with Gasteiger partial charge in [-0.15, -0.1) is 0 Å². The lowest BCUT2D eigenvalue weighted by Gasteiger charge is -2.20. The minimum atomic E-state index is 0.438. The predicted molar refractivity (Wildman–Crippen MR) is 59.2 cm³/mol. The Morgan fingerprint density at radius 2 is 2.50 bits per heavy atom. The van der Waals surface area contributed by atoms with Crippen molar-refractivity contribution in [1.82, 2.24) is 9.97 Å². The molecule has 76 valence electrons. The van der Waals surface area contributed by atoms with Crippen LogP contribution >= 0.6 is 11.8 Å². The Kier molecular flexibility index (Phi) is 3.37. The third-order valence-electron chi connectivity index (χ3n) is 2.49. The summed E-state index contributed by atoms with van der Waals surface area (Å²) in [7, 11) is 0. The fourth-order valence-electron chi connectivity index (χ4n) is 1.71. The number of rotatable bonds is 2. The van der Waals surface area contributed by atoms with Gasteiger partial charge in [0.25, 0.3) is 0 Å². The van der Waals surface area contributed by atoms with Crippen molar-refractivity contribution >= 4 is 11.8 Å². The first-order valence-electron chi connectivity index (χ1n) is 5.00. The minimum absolute atomic E-state index is 0.438. The molecule has 0 radical (unpaired) electrons. The molecule has 1 aliphatic heterocycles. The molecule has 1 atom stereocenters. The lowest BCUT2D eigenvalue weighted by Crippen LogP contribution is -2.12. The summed E-state index contributed by atoms with van der Waals surface area (Å²) in [6.45, 7) is 0.438. The highest BCUT2D eigenvalue weighted by Crippen LogP contribution is 2.29. The minimum Gasteiger partial charge on any atom is -0.324 e. The van der Waals surface area contributed by atoms with Crippen molar-refractivity contribution in [3.63, 3.8) is 0 Å². The summed E-state index contributed by atoms with van der Waals surface area (Å²) < 4.78 is 0. The molecule has 0 amide bonds. The van der Waals surface area contributed by atoms with Gasteiger partial charge in [-0.25, -0.2) is 9.97 Å². The normalized spacial score (nSPS) is 22.2. The molecule has 1 aliphatic rings. The number of hydrogen-bond donors (Lipinski definition) is 1. The molecule has 4 heteroatoms. The van der Waals surface area contributed by atoms with Crippen molar-refractivity contribution in [2.24, 2.45) is 5.73 Å². The van der Waals surface area contributed by atoms with E-state index in [1.54, 1.807) is 0 Å². The first-order valence-corrected chi connectivity index (χ1v) is 6.15. The molecule has 2 rings (SSSR count). The van der Waals surface area contributed by atoms with Crippen molar-refractivity contribution in [3.05, 3.63) is 23.8 Å². The van der Waals surface area contributed by atoms with Crippen LogP contribution < -0.4 is 5.73 Å². The standard InChI is InChI=1S/C10H15N3S/c11-6-10-12-4-3-9(13-10)8-2-1-5-14-7-8/h3-4,8H,1-2,5-7,11H2. The van der Waals surface area contributed by atoms with Crippen LogP contribution in [0.1, 0.15) is 30.3 Å². The van der Waals surface area contributed by atoms with Crippen LogP contribution in [0.3, 0.4) is 0 Å². The van der Waals surface area contributed by atoms with Crippen LogP contribution in [-0.2, 0) is 6.54 Å². The highest BCUT2D eigenvalue weighted by Gasteiger charge is 2.17. The summed E-state index contributed by atoms with van der Waals surface area (Å²) in [4.78, 5) is 8.58. The maximum atomic E-state index is 5.52. The molecule has 0 spiro atoms. The summed E-state index contributed by atoms with van der Waals surface area (Å²) in [5, 5.41) is 0. The molecule has 14 heavy (non-hydrogen) atoms. The summed E-state index contributed by atoms with van der Waals surface area (Å²) in [5.41, 5.74) is 6.69. The van der Waals surface area contributed by atoms with Crippen LogP contribution in [0.15, 0.2) is 12.3 Å². The van der Waals surface area contributed by atoms with Crippen LogP contribution in [0.25, 0.3) is 0 Å². The predicted octanol–water partition coefficient (Wildman–Crippen LogP) is 1.55. The molecular formula is C10H15N3S. The van der Waals surface area contributed by atoms with E-state index in [1.165, 1.54) is 30.0 Å². The van der Waals surface area contributed by atoms with Gasteiger partial charge >= 0.3 is 0 Å². The Morgan fingerprint density at radius 3 is 3.21 bits per heavy atom. The van der Waals surface area contributed by atoms with Gasteiger partial charge in [-0.3, -0.25) is 0 Å². The number of aromatic nitrogens is 2. The second kappa shape index (κ2) is 4.75. The van der Waals surface area contributed by atoms with Gasteiger partial charge in [0.1, 0.15) is 5.82 Å². The molecule has 2 N–H and O–H groups in total. The van der Waals surface area contributed by atoms with Crippen LogP contribution in [0.2, 0.25) is 0 Å². The Morgan fingerprint density at radius 1 is 1.57 bits per heavy atom. The average molecular weight is 209 g/mol. The fourth-order valence-corrected chi connectivity index (χ4v) is 2.87. The molecule has 0 saturated carbocycles. The lowest BCUT2D eigenvalue weighted by atomic mass is 10.0. The zero-order chi connectivity index (χ0) is 9.80. The Hall–Kier alpha value is -0.610. The third kappa shape index (κ3) is 2.25. The summed E-state index contributed by atoms with van der Waals surface area (Å²) in [6, 6.07) is 2.02. The van der Waals surface area contributed by atoms with Gasteiger partial charge in [-0.05, 0) is 24.7 Å². The summed E-state index contributed by atoms with van der Waals surface area (Å²) in [6.07, 6.45) is 4.38. The Balaban J connectivity index is 2.13. The Labute approximate surface area is 88.5 Å². The van der Waals surface area contributed by atoms with Gasteiger partial charge in [0.05, 0.1) is 6.54 Å². The van der Waals surface area contributed by atoms with E-state index in [1.807, 2.05) is 24.0 Å². The summed E-state index contributed by atoms with van der Waals surface area (Å²) in [5.74, 6) is 3.87. The van der Waals surface area contributed by atoms with E-state index in [9.17, 15) is 0 Å². The second-order valence-corrected chi connectivity index (χ2v) is 4.67. The largest absolute Gasteiger partial charge is 0.324 e. The first-order chi connectivity index (χ1) is 6.90. The molecule has 0 aromatic carbocycles. The highest BCUT2D eigenvalue weighted by atomic mass is 32.2. The molecule has 1 saturated heterocycles. The SMILES string of the molecule is NCc1nccc(C2CCCSC2)n1. The molecule has 3 nitrogen and oxygen atoms in total. The second-order valence-electron chi connectivity index (χ2n) is 3.52. The van der Waals surface area contributed by atoms with Crippen LogP contribution in [-0.4, -0.2) is 21.5 Å². The topological polar surface area (TPSA) is 51.8 Å². The zero-order valence-electron chi connectivity index (χ0n) is 8.15. The van der Waals surface area contributed by atoms with Crippen molar-refractivity contribution in [3.8, 4) is 0 Å². The fraction of sp³-hybridized carbons (Fsp3) is 0.600. The van der Waals surface area contributed by atoms with E-state index in [4.69, 9.17) is 5.73 Å². The van der Waals surface area contributed by atoms with Crippen molar-refractivity contribution in [2.45, 2.75) is 25.3 Å². The van der Waals surface area contributed by atoms with E-state index in [-0.39, 0.29) is 0 Å². The molecule has 1 aromatic rings.